The molecule has 0 aromatic carbocycles. The molecule has 0 aromatic rings. The number of carbonyl (C=O) groups excluding carboxylic acids is 1. The molecule has 1 aliphatic heterocycles. The SMILES string of the molecule is CCC(C#N)N1CCNC(=O)C1CC. The van der Waals surface area contributed by atoms with Crippen molar-refractivity contribution in [3.63, 3.8) is 0 Å². The van der Waals surface area contributed by atoms with Gasteiger partial charge in [-0.05, 0) is 12.8 Å². The molecule has 0 spiro atoms. The highest BCUT2D eigenvalue weighted by atomic mass is 16.2. The Balaban J connectivity index is 2.74. The highest BCUT2D eigenvalue weighted by Crippen LogP contribution is 2.14. The second-order valence-electron chi connectivity index (χ2n) is 3.51. The van der Waals surface area contributed by atoms with Crippen molar-refractivity contribution in [2.45, 2.75) is 38.8 Å². The number of rotatable bonds is 3. The van der Waals surface area contributed by atoms with E-state index < -0.39 is 0 Å². The molecular weight excluding hydrogens is 178 g/mol. The third-order valence-electron chi connectivity index (χ3n) is 2.69. The number of carbonyl (C=O) groups is 1. The Hall–Kier alpha value is -1.08. The summed E-state index contributed by atoms with van der Waals surface area (Å²) in [7, 11) is 0. The van der Waals surface area contributed by atoms with E-state index in [1.807, 2.05) is 18.7 Å². The molecule has 1 saturated heterocycles. The van der Waals surface area contributed by atoms with E-state index in [-0.39, 0.29) is 18.0 Å². The Morgan fingerprint density at radius 1 is 1.71 bits per heavy atom. The van der Waals surface area contributed by atoms with Crippen LogP contribution in [0.2, 0.25) is 0 Å². The normalized spacial score (nSPS) is 25.2. The van der Waals surface area contributed by atoms with Gasteiger partial charge in [-0.25, -0.2) is 0 Å². The van der Waals surface area contributed by atoms with Crippen LogP contribution < -0.4 is 5.32 Å². The molecule has 0 saturated carbocycles. The van der Waals surface area contributed by atoms with Gasteiger partial charge in [-0.15, -0.1) is 0 Å². The first kappa shape index (κ1) is 11.0. The summed E-state index contributed by atoms with van der Waals surface area (Å²) in [5.74, 6) is 0.0625. The van der Waals surface area contributed by atoms with Gasteiger partial charge in [0.1, 0.15) is 0 Å². The van der Waals surface area contributed by atoms with E-state index in [1.165, 1.54) is 0 Å². The predicted octanol–water partition coefficient (Wildman–Crippen LogP) is 0.499. The number of amides is 1. The number of nitrogens with zero attached hydrogens (tertiary/aromatic N) is 2. The Morgan fingerprint density at radius 2 is 2.43 bits per heavy atom. The molecule has 1 fully saturated rings. The van der Waals surface area contributed by atoms with Gasteiger partial charge in [-0.1, -0.05) is 13.8 Å². The lowest BCUT2D eigenvalue weighted by Crippen LogP contribution is -2.57. The summed E-state index contributed by atoms with van der Waals surface area (Å²) in [6, 6.07) is 2.02. The summed E-state index contributed by atoms with van der Waals surface area (Å²) in [6.45, 7) is 5.41. The van der Waals surface area contributed by atoms with Crippen LogP contribution in [0, 0.1) is 11.3 Å². The van der Waals surface area contributed by atoms with Crippen molar-refractivity contribution in [3.05, 3.63) is 0 Å². The summed E-state index contributed by atoms with van der Waals surface area (Å²) in [5.41, 5.74) is 0. The largest absolute Gasteiger partial charge is 0.353 e. The van der Waals surface area contributed by atoms with Crippen LogP contribution in [0.3, 0.4) is 0 Å². The lowest BCUT2D eigenvalue weighted by Gasteiger charge is -2.36. The van der Waals surface area contributed by atoms with E-state index in [0.717, 1.165) is 19.4 Å². The minimum absolute atomic E-state index is 0.0625. The second-order valence-corrected chi connectivity index (χ2v) is 3.51. The summed E-state index contributed by atoms with van der Waals surface area (Å²) < 4.78 is 0. The van der Waals surface area contributed by atoms with Crippen LogP contribution in [0.4, 0.5) is 0 Å². The predicted molar refractivity (Wildman–Crippen MR) is 53.5 cm³/mol. The quantitative estimate of drug-likeness (QED) is 0.713. The van der Waals surface area contributed by atoms with Crippen LogP contribution >= 0.6 is 0 Å². The molecule has 1 heterocycles. The average molecular weight is 195 g/mol. The van der Waals surface area contributed by atoms with Gasteiger partial charge in [-0.2, -0.15) is 5.26 Å². The number of nitrogens with one attached hydrogen (secondary N) is 1. The minimum Gasteiger partial charge on any atom is -0.353 e. The van der Waals surface area contributed by atoms with Crippen molar-refractivity contribution < 1.29 is 4.79 Å². The van der Waals surface area contributed by atoms with Crippen molar-refractivity contribution in [1.29, 1.82) is 5.26 Å². The summed E-state index contributed by atoms with van der Waals surface area (Å²) in [5, 5.41) is 11.8. The summed E-state index contributed by atoms with van der Waals surface area (Å²) >= 11 is 0. The van der Waals surface area contributed by atoms with E-state index in [2.05, 4.69) is 11.4 Å². The van der Waals surface area contributed by atoms with E-state index in [4.69, 9.17) is 5.26 Å². The zero-order chi connectivity index (χ0) is 10.6. The van der Waals surface area contributed by atoms with Gasteiger partial charge in [0.15, 0.2) is 0 Å². The zero-order valence-corrected chi connectivity index (χ0v) is 8.79. The van der Waals surface area contributed by atoms with E-state index in [1.54, 1.807) is 0 Å². The third kappa shape index (κ3) is 2.05. The van der Waals surface area contributed by atoms with Crippen LogP contribution in [-0.2, 0) is 4.79 Å². The molecular formula is C10H17N3O. The number of hydrogen-bond acceptors (Lipinski definition) is 3. The standard InChI is InChI=1S/C10H17N3O/c1-3-8(7-11)13-6-5-12-10(14)9(13)4-2/h8-9H,3-6H2,1-2H3,(H,12,14). The van der Waals surface area contributed by atoms with Crippen molar-refractivity contribution >= 4 is 5.91 Å². The van der Waals surface area contributed by atoms with Crippen LogP contribution in [0.15, 0.2) is 0 Å². The maximum atomic E-state index is 11.5. The van der Waals surface area contributed by atoms with Crippen molar-refractivity contribution in [2.24, 2.45) is 0 Å². The molecule has 2 atom stereocenters. The number of piperazine rings is 1. The third-order valence-corrected chi connectivity index (χ3v) is 2.69. The minimum atomic E-state index is -0.119. The molecule has 0 aromatic heterocycles. The Kier molecular flexibility index (Phi) is 3.90. The molecule has 1 amide bonds. The highest BCUT2D eigenvalue weighted by Gasteiger charge is 2.32. The highest BCUT2D eigenvalue weighted by molar-refractivity contribution is 5.82. The van der Waals surface area contributed by atoms with Gasteiger partial charge >= 0.3 is 0 Å². The maximum absolute atomic E-state index is 11.5. The molecule has 14 heavy (non-hydrogen) atoms. The molecule has 0 bridgehead atoms. The average Bonchev–Trinajstić information content (AvgIpc) is 2.20. The van der Waals surface area contributed by atoms with Crippen LogP contribution in [-0.4, -0.2) is 36.0 Å². The topological polar surface area (TPSA) is 56.1 Å². The van der Waals surface area contributed by atoms with Gasteiger partial charge in [0, 0.05) is 13.1 Å². The monoisotopic (exact) mass is 195 g/mol. The lowest BCUT2D eigenvalue weighted by atomic mass is 10.1. The molecule has 1 rings (SSSR count). The van der Waals surface area contributed by atoms with E-state index >= 15 is 0 Å². The first-order valence-electron chi connectivity index (χ1n) is 5.17. The first-order chi connectivity index (χ1) is 6.74. The Bertz CT molecular complexity index is 246. The van der Waals surface area contributed by atoms with Crippen molar-refractivity contribution in [2.75, 3.05) is 13.1 Å². The van der Waals surface area contributed by atoms with Gasteiger partial charge < -0.3 is 5.32 Å². The van der Waals surface area contributed by atoms with Crippen LogP contribution in [0.5, 0.6) is 0 Å². The number of nitriles is 1. The van der Waals surface area contributed by atoms with E-state index in [9.17, 15) is 4.79 Å². The van der Waals surface area contributed by atoms with E-state index in [0.29, 0.717) is 6.54 Å². The van der Waals surface area contributed by atoms with Gasteiger partial charge in [0.25, 0.3) is 0 Å². The molecule has 1 N–H and O–H groups in total. The molecule has 0 radical (unpaired) electrons. The fourth-order valence-corrected chi connectivity index (χ4v) is 1.93. The Morgan fingerprint density at radius 3 is 2.93 bits per heavy atom. The number of hydrogen-bond donors (Lipinski definition) is 1. The maximum Gasteiger partial charge on any atom is 0.237 e. The molecule has 0 aliphatic carbocycles. The molecule has 4 nitrogen and oxygen atoms in total. The zero-order valence-electron chi connectivity index (χ0n) is 8.79. The van der Waals surface area contributed by atoms with Gasteiger partial charge in [-0.3, -0.25) is 9.69 Å². The summed E-state index contributed by atoms with van der Waals surface area (Å²) in [6.07, 6.45) is 1.55. The molecule has 4 heteroatoms. The lowest BCUT2D eigenvalue weighted by molar-refractivity contribution is -0.129. The van der Waals surface area contributed by atoms with Crippen LogP contribution in [0.1, 0.15) is 26.7 Å². The van der Waals surface area contributed by atoms with Gasteiger partial charge in [0.2, 0.25) is 5.91 Å². The Labute approximate surface area is 84.9 Å². The fraction of sp³-hybridized carbons (Fsp3) is 0.800. The van der Waals surface area contributed by atoms with Crippen LogP contribution in [0.25, 0.3) is 0 Å². The smallest absolute Gasteiger partial charge is 0.237 e. The molecule has 78 valence electrons. The summed E-state index contributed by atoms with van der Waals surface area (Å²) in [4.78, 5) is 13.5. The molecule has 1 aliphatic rings. The van der Waals surface area contributed by atoms with Crippen molar-refractivity contribution in [1.82, 2.24) is 10.2 Å². The molecule has 2 unspecified atom stereocenters. The fourth-order valence-electron chi connectivity index (χ4n) is 1.93. The van der Waals surface area contributed by atoms with Crippen molar-refractivity contribution in [3.8, 4) is 6.07 Å². The van der Waals surface area contributed by atoms with Gasteiger partial charge in [0.05, 0.1) is 18.2 Å². The second kappa shape index (κ2) is 4.97. The first-order valence-corrected chi connectivity index (χ1v) is 5.17.